The molecule has 0 aliphatic heterocycles. The van der Waals surface area contributed by atoms with Crippen LogP contribution in [0.4, 0.5) is 5.95 Å². The number of rotatable bonds is 3. The van der Waals surface area contributed by atoms with Gasteiger partial charge in [-0.1, -0.05) is 12.1 Å². The fraction of sp³-hybridized carbons (Fsp3) is 0.0769. The minimum absolute atomic E-state index is 0.105. The number of primary sulfonamides is 1. The molecule has 8 heteroatoms. The van der Waals surface area contributed by atoms with E-state index >= 15 is 0 Å². The molecular weight excluding hydrogens is 308 g/mol. The van der Waals surface area contributed by atoms with Crippen LogP contribution in [0, 0.1) is 0 Å². The second-order valence-corrected chi connectivity index (χ2v) is 7.04. The summed E-state index contributed by atoms with van der Waals surface area (Å²) in [6.07, 6.45) is 2.24. The first-order valence-corrected chi connectivity index (χ1v) is 8.46. The van der Waals surface area contributed by atoms with Crippen molar-refractivity contribution in [2.24, 2.45) is 5.14 Å². The normalized spacial score (nSPS) is 11.9. The van der Waals surface area contributed by atoms with Crippen molar-refractivity contribution >= 4 is 37.5 Å². The average Bonchev–Trinajstić information content (AvgIpc) is 2.81. The van der Waals surface area contributed by atoms with Crippen molar-refractivity contribution in [1.29, 1.82) is 0 Å². The summed E-state index contributed by atoms with van der Waals surface area (Å²) in [4.78, 5) is 8.30. The lowest BCUT2D eigenvalue weighted by atomic mass is 10.1. The second-order valence-electron chi connectivity index (χ2n) is 4.57. The number of nitrogens with zero attached hydrogens (tertiary/aromatic N) is 2. The van der Waals surface area contributed by atoms with Crippen LogP contribution in [-0.2, 0) is 16.4 Å². The predicted octanol–water partition coefficient (Wildman–Crippen LogP) is 1.51. The second kappa shape index (κ2) is 5.06. The molecule has 0 unspecified atom stereocenters. The molecule has 108 valence electrons. The van der Waals surface area contributed by atoms with Gasteiger partial charge in [-0.25, -0.2) is 23.5 Å². The van der Waals surface area contributed by atoms with E-state index in [4.69, 9.17) is 10.9 Å². The Kier molecular flexibility index (Phi) is 3.36. The Hall–Kier alpha value is -2.03. The molecule has 0 amide bonds. The molecular formula is C13H12N4O2S2. The summed E-state index contributed by atoms with van der Waals surface area (Å²) in [7, 11) is -3.70. The van der Waals surface area contributed by atoms with Crippen LogP contribution in [0.15, 0.2) is 40.7 Å². The van der Waals surface area contributed by atoms with Crippen LogP contribution >= 0.6 is 11.3 Å². The molecule has 3 rings (SSSR count). The van der Waals surface area contributed by atoms with E-state index in [1.54, 1.807) is 18.3 Å². The minimum atomic E-state index is -3.70. The van der Waals surface area contributed by atoms with E-state index in [2.05, 4.69) is 9.97 Å². The van der Waals surface area contributed by atoms with E-state index in [0.29, 0.717) is 6.42 Å². The topological polar surface area (TPSA) is 112 Å². The zero-order chi connectivity index (χ0) is 15.0. The predicted molar refractivity (Wildman–Crippen MR) is 82.4 cm³/mol. The molecule has 1 aromatic carbocycles. The van der Waals surface area contributed by atoms with Gasteiger partial charge in [0, 0.05) is 6.42 Å². The Bertz CT molecular complexity index is 919. The van der Waals surface area contributed by atoms with Gasteiger partial charge in [0.25, 0.3) is 0 Å². The van der Waals surface area contributed by atoms with Crippen LogP contribution < -0.4 is 10.9 Å². The van der Waals surface area contributed by atoms with Gasteiger partial charge in [-0.2, -0.15) is 0 Å². The Morgan fingerprint density at radius 1 is 1.29 bits per heavy atom. The third kappa shape index (κ3) is 2.87. The van der Waals surface area contributed by atoms with Crippen LogP contribution in [0.5, 0.6) is 0 Å². The zero-order valence-corrected chi connectivity index (χ0v) is 12.5. The fourth-order valence-electron chi connectivity index (χ4n) is 2.07. The van der Waals surface area contributed by atoms with Gasteiger partial charge in [-0.05, 0) is 28.6 Å². The first-order chi connectivity index (χ1) is 9.93. The smallest absolute Gasteiger partial charge is 0.238 e. The molecule has 0 bridgehead atoms. The van der Waals surface area contributed by atoms with Crippen molar-refractivity contribution in [3.05, 3.63) is 47.0 Å². The quantitative estimate of drug-likeness (QED) is 0.759. The third-order valence-corrected chi connectivity index (χ3v) is 4.89. The molecule has 0 radical (unpaired) electrons. The largest absolute Gasteiger partial charge is 0.368 e. The monoisotopic (exact) mass is 320 g/mol. The number of anilines is 1. The van der Waals surface area contributed by atoms with Crippen molar-refractivity contribution in [1.82, 2.24) is 9.97 Å². The number of nitrogens with two attached hydrogens (primary N) is 2. The molecule has 0 spiro atoms. The number of fused-ring (bicyclic) bond motifs is 1. The third-order valence-electron chi connectivity index (χ3n) is 3.03. The molecule has 6 nitrogen and oxygen atoms in total. The lowest BCUT2D eigenvalue weighted by Gasteiger charge is -2.03. The summed E-state index contributed by atoms with van der Waals surface area (Å²) in [6, 6.07) is 6.57. The lowest BCUT2D eigenvalue weighted by molar-refractivity contribution is 0.597. The van der Waals surface area contributed by atoms with Gasteiger partial charge < -0.3 is 5.73 Å². The molecule has 3 aromatic rings. The van der Waals surface area contributed by atoms with Crippen molar-refractivity contribution in [3.8, 4) is 0 Å². The maximum atomic E-state index is 11.4. The summed E-state index contributed by atoms with van der Waals surface area (Å²) >= 11 is 1.53. The Labute approximate surface area is 125 Å². The minimum Gasteiger partial charge on any atom is -0.368 e. The van der Waals surface area contributed by atoms with Gasteiger partial charge in [0.15, 0.2) is 0 Å². The number of benzene rings is 1. The molecule has 0 aliphatic carbocycles. The van der Waals surface area contributed by atoms with Crippen LogP contribution in [0.25, 0.3) is 10.2 Å². The summed E-state index contributed by atoms with van der Waals surface area (Å²) in [6.45, 7) is 0. The zero-order valence-electron chi connectivity index (χ0n) is 10.9. The highest BCUT2D eigenvalue weighted by Gasteiger charge is 2.11. The van der Waals surface area contributed by atoms with Crippen molar-refractivity contribution < 1.29 is 8.42 Å². The molecule has 2 heterocycles. The number of hydrogen-bond donors (Lipinski definition) is 2. The van der Waals surface area contributed by atoms with E-state index in [0.717, 1.165) is 21.3 Å². The van der Waals surface area contributed by atoms with E-state index in [-0.39, 0.29) is 10.8 Å². The molecule has 2 aromatic heterocycles. The maximum Gasteiger partial charge on any atom is 0.238 e. The highest BCUT2D eigenvalue weighted by Crippen LogP contribution is 2.26. The van der Waals surface area contributed by atoms with Crippen LogP contribution in [-0.4, -0.2) is 18.4 Å². The summed E-state index contributed by atoms with van der Waals surface area (Å²) in [5.74, 6) is 0.223. The maximum absolute atomic E-state index is 11.4. The molecule has 0 atom stereocenters. The summed E-state index contributed by atoms with van der Waals surface area (Å²) in [5, 5.41) is 7.12. The lowest BCUT2D eigenvalue weighted by Crippen LogP contribution is -2.12. The first-order valence-electron chi connectivity index (χ1n) is 6.04. The Morgan fingerprint density at radius 2 is 2.10 bits per heavy atom. The number of thiophene rings is 1. The van der Waals surface area contributed by atoms with Crippen LogP contribution in [0.3, 0.4) is 0 Å². The van der Waals surface area contributed by atoms with E-state index in [9.17, 15) is 8.42 Å². The molecule has 0 fully saturated rings. The average molecular weight is 320 g/mol. The molecule has 0 saturated carbocycles. The Morgan fingerprint density at radius 3 is 2.86 bits per heavy atom. The van der Waals surface area contributed by atoms with Gasteiger partial charge in [-0.3, -0.25) is 0 Å². The van der Waals surface area contributed by atoms with E-state index in [1.807, 2.05) is 11.4 Å². The molecule has 0 aliphatic rings. The van der Waals surface area contributed by atoms with Crippen LogP contribution in [0.2, 0.25) is 0 Å². The van der Waals surface area contributed by atoms with Gasteiger partial charge in [0.1, 0.15) is 0 Å². The number of sulfonamides is 1. The van der Waals surface area contributed by atoms with Crippen molar-refractivity contribution in [2.45, 2.75) is 11.3 Å². The molecule has 4 N–H and O–H groups in total. The fourth-order valence-corrected chi connectivity index (χ4v) is 3.52. The van der Waals surface area contributed by atoms with Crippen molar-refractivity contribution in [2.75, 3.05) is 5.73 Å². The number of nitrogen functional groups attached to an aromatic ring is 1. The number of aromatic nitrogens is 2. The highest BCUT2D eigenvalue weighted by atomic mass is 32.2. The number of hydrogen-bond acceptors (Lipinski definition) is 6. The SMILES string of the molecule is Nc1ncc2scc(Cc3cccc(S(N)(=O)=O)c3)c2n1. The standard InChI is InChI=1S/C13H12N4O2S2/c14-13-16-6-11-12(17-13)9(7-20-11)4-8-2-1-3-10(5-8)21(15,18)19/h1-3,5-7H,4H2,(H2,14,16,17)(H2,15,18,19). The molecule has 21 heavy (non-hydrogen) atoms. The summed E-state index contributed by atoms with van der Waals surface area (Å²) < 4.78 is 23.7. The first kappa shape index (κ1) is 13.9. The summed E-state index contributed by atoms with van der Waals surface area (Å²) in [5.41, 5.74) is 8.24. The van der Waals surface area contributed by atoms with Gasteiger partial charge >= 0.3 is 0 Å². The van der Waals surface area contributed by atoms with E-state index < -0.39 is 10.0 Å². The Balaban J connectivity index is 2.01. The highest BCUT2D eigenvalue weighted by molar-refractivity contribution is 7.89. The van der Waals surface area contributed by atoms with Crippen LogP contribution in [0.1, 0.15) is 11.1 Å². The van der Waals surface area contributed by atoms with Gasteiger partial charge in [0.05, 0.1) is 21.3 Å². The van der Waals surface area contributed by atoms with Gasteiger partial charge in [0.2, 0.25) is 16.0 Å². The van der Waals surface area contributed by atoms with Crippen molar-refractivity contribution in [3.63, 3.8) is 0 Å². The molecule has 0 saturated heterocycles. The van der Waals surface area contributed by atoms with Gasteiger partial charge in [-0.15, -0.1) is 11.3 Å². The van der Waals surface area contributed by atoms with E-state index in [1.165, 1.54) is 17.4 Å².